The van der Waals surface area contributed by atoms with Crippen LogP contribution in [-0.4, -0.2) is 44.1 Å². The summed E-state index contributed by atoms with van der Waals surface area (Å²) in [6.45, 7) is 3.81. The number of fused-ring (bicyclic) bond motifs is 1. The molecule has 1 aliphatic rings. The van der Waals surface area contributed by atoms with Crippen LogP contribution in [0.1, 0.15) is 29.8 Å². The minimum absolute atomic E-state index is 0.0459. The van der Waals surface area contributed by atoms with Gasteiger partial charge in [0.2, 0.25) is 5.90 Å². The molecule has 1 heterocycles. The fourth-order valence-corrected chi connectivity index (χ4v) is 3.32. The molecular formula is C14H17NO5S2. The van der Waals surface area contributed by atoms with E-state index < -0.39 is 21.6 Å². The molecular weight excluding hydrogens is 326 g/mol. The molecule has 0 saturated carbocycles. The smallest absolute Gasteiger partial charge is 0.345 e. The number of esters is 1. The Balaban J connectivity index is 2.54. The van der Waals surface area contributed by atoms with Crippen molar-refractivity contribution in [2.24, 2.45) is 4.99 Å². The van der Waals surface area contributed by atoms with Crippen molar-refractivity contribution in [3.05, 3.63) is 29.3 Å². The quantitative estimate of drug-likeness (QED) is 0.601. The zero-order valence-electron chi connectivity index (χ0n) is 12.7. The lowest BCUT2D eigenvalue weighted by atomic mass is 10.1. The van der Waals surface area contributed by atoms with Gasteiger partial charge in [0.25, 0.3) is 0 Å². The van der Waals surface area contributed by atoms with E-state index in [1.54, 1.807) is 17.8 Å². The highest BCUT2D eigenvalue weighted by atomic mass is 32.2. The molecule has 1 aromatic carbocycles. The highest BCUT2D eigenvalue weighted by molar-refractivity contribution is 7.98. The van der Waals surface area contributed by atoms with Crippen molar-refractivity contribution in [1.29, 1.82) is 0 Å². The van der Waals surface area contributed by atoms with Crippen molar-refractivity contribution < 1.29 is 22.1 Å². The van der Waals surface area contributed by atoms with Gasteiger partial charge < -0.3 is 8.92 Å². The van der Waals surface area contributed by atoms with Gasteiger partial charge in [0.05, 0.1) is 22.9 Å². The maximum atomic E-state index is 11.9. The number of nitrogens with zero attached hydrogens (tertiary/aromatic N) is 1. The van der Waals surface area contributed by atoms with E-state index in [0.29, 0.717) is 0 Å². The van der Waals surface area contributed by atoms with Crippen molar-refractivity contribution in [3.8, 4) is 5.75 Å². The maximum Gasteiger partial charge on any atom is 0.345 e. The number of rotatable bonds is 5. The highest BCUT2D eigenvalue weighted by Crippen LogP contribution is 2.32. The first kappa shape index (κ1) is 16.8. The van der Waals surface area contributed by atoms with E-state index in [4.69, 9.17) is 8.92 Å². The lowest BCUT2D eigenvalue weighted by Gasteiger charge is -2.18. The molecule has 120 valence electrons. The number of carbonyl (C=O) groups excluding carboxylic acids is 1. The van der Waals surface area contributed by atoms with Crippen LogP contribution in [0.2, 0.25) is 0 Å². The van der Waals surface area contributed by atoms with Crippen molar-refractivity contribution in [2.45, 2.75) is 19.4 Å². The molecule has 2 rings (SSSR count). The summed E-state index contributed by atoms with van der Waals surface area (Å²) in [4.78, 5) is 16.4. The molecule has 0 saturated heterocycles. The molecule has 22 heavy (non-hydrogen) atoms. The average molecular weight is 343 g/mol. The maximum absolute atomic E-state index is 11.9. The molecule has 0 radical (unpaired) electrons. The van der Waals surface area contributed by atoms with Gasteiger partial charge >= 0.3 is 16.1 Å². The van der Waals surface area contributed by atoms with Crippen LogP contribution in [0.4, 0.5) is 0 Å². The Morgan fingerprint density at radius 3 is 2.64 bits per heavy atom. The molecule has 8 heteroatoms. The molecule has 0 amide bonds. The molecule has 0 N–H and O–H groups in total. The van der Waals surface area contributed by atoms with Crippen LogP contribution in [0.15, 0.2) is 23.2 Å². The first-order valence-electron chi connectivity index (χ1n) is 6.47. The van der Waals surface area contributed by atoms with E-state index in [9.17, 15) is 13.2 Å². The molecule has 0 spiro atoms. The van der Waals surface area contributed by atoms with Gasteiger partial charge in [-0.2, -0.15) is 20.2 Å². The average Bonchev–Trinajstić information content (AvgIpc) is 2.64. The number of aliphatic imine (C=N–C) groups is 1. The van der Waals surface area contributed by atoms with E-state index in [-0.39, 0.29) is 22.8 Å². The van der Waals surface area contributed by atoms with E-state index in [0.717, 1.165) is 12.0 Å². The Bertz CT molecular complexity index is 738. The fourth-order valence-electron chi connectivity index (χ4n) is 2.09. The first-order chi connectivity index (χ1) is 10.1. The molecule has 6 nitrogen and oxygen atoms in total. The molecule has 0 unspecified atom stereocenters. The van der Waals surface area contributed by atoms with E-state index in [1.807, 2.05) is 20.1 Å². The summed E-state index contributed by atoms with van der Waals surface area (Å²) in [7, 11) is -3.72. The molecule has 0 atom stereocenters. The van der Waals surface area contributed by atoms with Gasteiger partial charge in [0, 0.05) is 5.75 Å². The highest BCUT2D eigenvalue weighted by Gasteiger charge is 2.34. The van der Waals surface area contributed by atoms with Crippen LogP contribution in [-0.2, 0) is 14.9 Å². The number of ether oxygens (including phenoxy) is 1. The summed E-state index contributed by atoms with van der Waals surface area (Å²) in [6.07, 6.45) is 2.90. The number of hydrogen-bond acceptors (Lipinski definition) is 7. The zero-order valence-corrected chi connectivity index (χ0v) is 14.4. The molecule has 0 aliphatic carbocycles. The number of cyclic esters (lactones) is 1. The van der Waals surface area contributed by atoms with Gasteiger partial charge in [-0.3, -0.25) is 0 Å². The second kappa shape index (κ2) is 5.92. The molecule has 0 fully saturated rings. The summed E-state index contributed by atoms with van der Waals surface area (Å²) in [5.41, 5.74) is 0.0708. The number of carbonyl (C=O) groups is 1. The summed E-state index contributed by atoms with van der Waals surface area (Å²) in [6, 6.07) is 4.56. The van der Waals surface area contributed by atoms with E-state index >= 15 is 0 Å². The Labute approximate surface area is 134 Å². The summed E-state index contributed by atoms with van der Waals surface area (Å²) in [5, 5.41) is 0. The SMILES string of the molecule is CSCC(C)(C)N=C1OC(=O)c2cccc(OS(C)(=O)=O)c21. The minimum Gasteiger partial charge on any atom is -0.403 e. The van der Waals surface area contributed by atoms with Gasteiger partial charge in [0.15, 0.2) is 5.75 Å². The predicted molar refractivity (Wildman–Crippen MR) is 86.3 cm³/mol. The Hall–Kier alpha value is -1.54. The van der Waals surface area contributed by atoms with Crippen LogP contribution in [0.5, 0.6) is 5.75 Å². The second-order valence-corrected chi connectivity index (χ2v) is 7.96. The standard InChI is InChI=1S/C14H17NO5S2/c1-14(2,8-21-3)15-12-11-9(13(16)19-12)6-5-7-10(11)20-22(4,17)18/h5-7H,8H2,1-4H3. The normalized spacial score (nSPS) is 16.5. The van der Waals surface area contributed by atoms with Crippen molar-refractivity contribution in [3.63, 3.8) is 0 Å². The van der Waals surface area contributed by atoms with Crippen LogP contribution in [0.3, 0.4) is 0 Å². The third kappa shape index (κ3) is 3.80. The van der Waals surface area contributed by atoms with Gasteiger partial charge in [0.1, 0.15) is 0 Å². The summed E-state index contributed by atoms with van der Waals surface area (Å²) in [5.74, 6) is 0.300. The third-order valence-electron chi connectivity index (χ3n) is 2.79. The van der Waals surface area contributed by atoms with Crippen LogP contribution in [0.25, 0.3) is 0 Å². The van der Waals surface area contributed by atoms with Gasteiger partial charge in [-0.1, -0.05) is 6.07 Å². The van der Waals surface area contributed by atoms with Gasteiger partial charge in [-0.25, -0.2) is 9.79 Å². The predicted octanol–water partition coefficient (Wildman–Crippen LogP) is 2.08. The van der Waals surface area contributed by atoms with E-state index in [2.05, 4.69) is 4.99 Å². The van der Waals surface area contributed by atoms with Crippen LogP contribution >= 0.6 is 11.8 Å². The molecule has 0 bridgehead atoms. The fraction of sp³-hybridized carbons (Fsp3) is 0.429. The molecule has 0 aromatic heterocycles. The van der Waals surface area contributed by atoms with Crippen molar-refractivity contribution in [1.82, 2.24) is 0 Å². The largest absolute Gasteiger partial charge is 0.403 e. The zero-order chi connectivity index (χ0) is 16.5. The van der Waals surface area contributed by atoms with Gasteiger partial charge in [-0.05, 0) is 32.2 Å². The van der Waals surface area contributed by atoms with Crippen LogP contribution in [0, 0.1) is 0 Å². The molecule has 1 aliphatic heterocycles. The lowest BCUT2D eigenvalue weighted by Crippen LogP contribution is -2.23. The number of hydrogen-bond donors (Lipinski definition) is 0. The first-order valence-corrected chi connectivity index (χ1v) is 9.68. The Morgan fingerprint density at radius 1 is 1.36 bits per heavy atom. The second-order valence-electron chi connectivity index (χ2n) is 5.52. The topological polar surface area (TPSA) is 82.0 Å². The Kier molecular flexibility index (Phi) is 4.53. The van der Waals surface area contributed by atoms with Crippen LogP contribution < -0.4 is 4.18 Å². The minimum atomic E-state index is -3.72. The number of benzene rings is 1. The van der Waals surface area contributed by atoms with Crippen molar-refractivity contribution in [2.75, 3.05) is 18.3 Å². The van der Waals surface area contributed by atoms with E-state index in [1.165, 1.54) is 12.1 Å². The summed E-state index contributed by atoms with van der Waals surface area (Å²) < 4.78 is 32.9. The van der Waals surface area contributed by atoms with Gasteiger partial charge in [-0.15, -0.1) is 0 Å². The summed E-state index contributed by atoms with van der Waals surface area (Å²) >= 11 is 1.61. The monoisotopic (exact) mass is 343 g/mol. The van der Waals surface area contributed by atoms with Crippen molar-refractivity contribution >= 4 is 33.7 Å². The Morgan fingerprint density at radius 2 is 2.05 bits per heavy atom. The molecule has 1 aromatic rings. The number of thioether (sulfide) groups is 1. The lowest BCUT2D eigenvalue weighted by molar-refractivity contribution is 0.0736. The third-order valence-corrected chi connectivity index (χ3v) is 4.27.